The lowest BCUT2D eigenvalue weighted by Crippen LogP contribution is -2.56. The van der Waals surface area contributed by atoms with Gasteiger partial charge in [0.1, 0.15) is 17.3 Å². The van der Waals surface area contributed by atoms with Crippen molar-refractivity contribution in [2.24, 2.45) is 0 Å². The van der Waals surface area contributed by atoms with E-state index in [0.29, 0.717) is 37.7 Å². The van der Waals surface area contributed by atoms with Gasteiger partial charge < -0.3 is 24.6 Å². The molecule has 1 aliphatic heterocycles. The van der Waals surface area contributed by atoms with Gasteiger partial charge in [-0.1, -0.05) is 60.7 Å². The molecule has 4 rings (SSSR count). The molecular formula is C36H46N6O6. The number of piperazine rings is 1. The van der Waals surface area contributed by atoms with Crippen molar-refractivity contribution in [2.45, 2.75) is 65.3 Å². The number of aromatic nitrogens is 2. The zero-order chi connectivity index (χ0) is 34.7. The van der Waals surface area contributed by atoms with Gasteiger partial charge in [-0.2, -0.15) is 0 Å². The second-order valence-electron chi connectivity index (χ2n) is 12.8. The van der Waals surface area contributed by atoms with Crippen LogP contribution in [0.2, 0.25) is 0 Å². The van der Waals surface area contributed by atoms with Crippen LogP contribution in [0, 0.1) is 0 Å². The molecule has 1 fully saturated rings. The van der Waals surface area contributed by atoms with Crippen LogP contribution in [0.4, 0.5) is 4.79 Å². The van der Waals surface area contributed by atoms with Gasteiger partial charge in [-0.05, 0) is 52.8 Å². The molecule has 0 bridgehead atoms. The maximum Gasteiger partial charge on any atom is 0.409 e. The highest BCUT2D eigenvalue weighted by atomic mass is 16.6. The van der Waals surface area contributed by atoms with E-state index in [1.807, 2.05) is 55.6 Å². The molecule has 48 heavy (non-hydrogen) atoms. The maximum absolute atomic E-state index is 13.9. The third-order valence-electron chi connectivity index (χ3n) is 7.55. The molecule has 256 valence electrons. The van der Waals surface area contributed by atoms with Gasteiger partial charge in [0, 0.05) is 51.3 Å². The van der Waals surface area contributed by atoms with Crippen LogP contribution in [0.1, 0.15) is 62.3 Å². The molecule has 12 nitrogen and oxygen atoms in total. The minimum Gasteiger partial charge on any atom is -0.460 e. The Morgan fingerprint density at radius 2 is 1.52 bits per heavy atom. The third kappa shape index (κ3) is 10.9. The van der Waals surface area contributed by atoms with E-state index in [1.165, 1.54) is 0 Å². The van der Waals surface area contributed by atoms with E-state index in [9.17, 15) is 19.2 Å². The van der Waals surface area contributed by atoms with Gasteiger partial charge in [-0.3, -0.25) is 19.3 Å². The lowest BCUT2D eigenvalue weighted by Gasteiger charge is -2.36. The molecule has 1 atom stereocenters. The SMILES string of the molecule is CCOC(=O)N1CCN(C(=O)[C@H](CCC(=O)OC(C)(C)C)NC(=O)c2cc(CN(C)Cc3ccccc3)nc(-c3ccccc3)n2)CC1. The maximum atomic E-state index is 13.9. The molecule has 3 aromatic rings. The first kappa shape index (κ1) is 36.0. The number of amides is 3. The standard InChI is InChI=1S/C36H46N6O6/c1-6-47-35(46)42-21-19-41(20-22-42)34(45)29(17-18-31(43)48-36(2,3)4)39-33(44)30-23-28(25-40(5)24-26-13-9-7-10-14-26)37-32(38-30)27-15-11-8-12-16-27/h7-16,23,29H,6,17-22,24-25H2,1-5H3,(H,39,44)/t29-/m0/s1. The van der Waals surface area contributed by atoms with Crippen molar-refractivity contribution in [3.63, 3.8) is 0 Å². The zero-order valence-electron chi connectivity index (χ0n) is 28.5. The molecule has 2 aromatic carbocycles. The van der Waals surface area contributed by atoms with Crippen LogP contribution in [0.3, 0.4) is 0 Å². The summed E-state index contributed by atoms with van der Waals surface area (Å²) < 4.78 is 10.6. The summed E-state index contributed by atoms with van der Waals surface area (Å²) in [4.78, 5) is 67.1. The molecule has 3 amide bonds. The summed E-state index contributed by atoms with van der Waals surface area (Å²) in [6.45, 7) is 9.55. The molecule has 0 radical (unpaired) electrons. The Hall–Kier alpha value is -4.84. The van der Waals surface area contributed by atoms with Crippen LogP contribution >= 0.6 is 0 Å². The summed E-state index contributed by atoms with van der Waals surface area (Å²) in [6.07, 6.45) is -0.478. The van der Waals surface area contributed by atoms with Crippen molar-refractivity contribution in [3.05, 3.63) is 83.7 Å². The fraction of sp³-hybridized carbons (Fsp3) is 0.444. The molecular weight excluding hydrogens is 612 g/mol. The van der Waals surface area contributed by atoms with Crippen LogP contribution in [0.5, 0.6) is 0 Å². The summed E-state index contributed by atoms with van der Waals surface area (Å²) in [5, 5.41) is 2.85. The number of hydrogen-bond acceptors (Lipinski definition) is 9. The Labute approximate surface area is 282 Å². The second kappa shape index (κ2) is 16.8. The number of nitrogens with one attached hydrogen (secondary N) is 1. The zero-order valence-corrected chi connectivity index (χ0v) is 28.5. The Morgan fingerprint density at radius 3 is 2.15 bits per heavy atom. The van der Waals surface area contributed by atoms with Crippen LogP contribution < -0.4 is 5.32 Å². The van der Waals surface area contributed by atoms with Gasteiger partial charge in [-0.15, -0.1) is 0 Å². The van der Waals surface area contributed by atoms with Crippen molar-refractivity contribution in [2.75, 3.05) is 39.8 Å². The van der Waals surface area contributed by atoms with Crippen molar-refractivity contribution >= 4 is 23.9 Å². The predicted octanol–water partition coefficient (Wildman–Crippen LogP) is 4.30. The molecule has 0 saturated carbocycles. The fourth-order valence-corrected chi connectivity index (χ4v) is 5.33. The molecule has 1 aromatic heterocycles. The van der Waals surface area contributed by atoms with Gasteiger partial charge in [0.05, 0.1) is 12.3 Å². The van der Waals surface area contributed by atoms with Crippen LogP contribution in [-0.4, -0.2) is 100 Å². The van der Waals surface area contributed by atoms with Gasteiger partial charge in [0.25, 0.3) is 5.91 Å². The van der Waals surface area contributed by atoms with Gasteiger partial charge in [-0.25, -0.2) is 14.8 Å². The number of nitrogens with zero attached hydrogens (tertiary/aromatic N) is 5. The first-order chi connectivity index (χ1) is 22.9. The molecule has 1 aliphatic rings. The average molecular weight is 659 g/mol. The van der Waals surface area contributed by atoms with Crippen molar-refractivity contribution in [1.29, 1.82) is 0 Å². The van der Waals surface area contributed by atoms with E-state index in [-0.39, 0.29) is 44.1 Å². The van der Waals surface area contributed by atoms with E-state index in [0.717, 1.165) is 11.1 Å². The molecule has 0 unspecified atom stereocenters. The highest BCUT2D eigenvalue weighted by Gasteiger charge is 2.32. The Kier molecular flexibility index (Phi) is 12.6. The molecule has 12 heteroatoms. The number of rotatable bonds is 12. The van der Waals surface area contributed by atoms with E-state index < -0.39 is 29.6 Å². The first-order valence-corrected chi connectivity index (χ1v) is 16.3. The number of carbonyl (C=O) groups is 4. The monoisotopic (exact) mass is 658 g/mol. The minimum absolute atomic E-state index is 0.0286. The predicted molar refractivity (Wildman–Crippen MR) is 181 cm³/mol. The average Bonchev–Trinajstić information content (AvgIpc) is 3.06. The lowest BCUT2D eigenvalue weighted by atomic mass is 10.1. The molecule has 1 N–H and O–H groups in total. The van der Waals surface area contributed by atoms with Crippen molar-refractivity contribution < 1.29 is 28.7 Å². The van der Waals surface area contributed by atoms with E-state index in [1.54, 1.807) is 43.6 Å². The van der Waals surface area contributed by atoms with Crippen molar-refractivity contribution in [3.8, 4) is 11.4 Å². The quantitative estimate of drug-likeness (QED) is 0.283. The molecule has 0 aliphatic carbocycles. The smallest absolute Gasteiger partial charge is 0.409 e. The summed E-state index contributed by atoms with van der Waals surface area (Å²) in [5.41, 5.74) is 1.94. The molecule has 2 heterocycles. The Bertz CT molecular complexity index is 1540. The summed E-state index contributed by atoms with van der Waals surface area (Å²) >= 11 is 0. The number of benzene rings is 2. The summed E-state index contributed by atoms with van der Waals surface area (Å²) in [5.74, 6) is -0.998. The first-order valence-electron chi connectivity index (χ1n) is 16.3. The van der Waals surface area contributed by atoms with E-state index in [2.05, 4.69) is 27.3 Å². The van der Waals surface area contributed by atoms with E-state index >= 15 is 0 Å². The minimum atomic E-state index is -1.03. The fourth-order valence-electron chi connectivity index (χ4n) is 5.33. The third-order valence-corrected chi connectivity index (χ3v) is 7.55. The normalized spacial score (nSPS) is 14.0. The summed E-state index contributed by atoms with van der Waals surface area (Å²) in [6, 6.07) is 20.0. The number of ether oxygens (including phenoxy) is 2. The number of hydrogen-bond donors (Lipinski definition) is 1. The van der Waals surface area contributed by atoms with Gasteiger partial charge in [0.15, 0.2) is 5.82 Å². The highest BCUT2D eigenvalue weighted by Crippen LogP contribution is 2.18. The lowest BCUT2D eigenvalue weighted by molar-refractivity contribution is -0.155. The van der Waals surface area contributed by atoms with Crippen molar-refractivity contribution in [1.82, 2.24) is 30.0 Å². The van der Waals surface area contributed by atoms with Crippen LogP contribution in [0.25, 0.3) is 11.4 Å². The topological polar surface area (TPSA) is 134 Å². The van der Waals surface area contributed by atoms with E-state index in [4.69, 9.17) is 14.5 Å². The number of carbonyl (C=O) groups excluding carboxylic acids is 4. The molecule has 0 spiro atoms. The summed E-state index contributed by atoms with van der Waals surface area (Å²) in [7, 11) is 1.98. The number of esters is 1. The van der Waals surface area contributed by atoms with Crippen LogP contribution in [-0.2, 0) is 32.2 Å². The van der Waals surface area contributed by atoms with Gasteiger partial charge >= 0.3 is 12.1 Å². The second-order valence-corrected chi connectivity index (χ2v) is 12.8. The highest BCUT2D eigenvalue weighted by molar-refractivity contribution is 5.96. The Morgan fingerprint density at radius 1 is 0.896 bits per heavy atom. The largest absolute Gasteiger partial charge is 0.460 e. The molecule has 1 saturated heterocycles. The van der Waals surface area contributed by atoms with Crippen LogP contribution in [0.15, 0.2) is 66.7 Å². The Balaban J connectivity index is 1.56. The van der Waals surface area contributed by atoms with Gasteiger partial charge in [0.2, 0.25) is 5.91 Å².